The molecule has 2 aromatic carbocycles. The quantitative estimate of drug-likeness (QED) is 0.564. The molecule has 0 spiro atoms. The molecule has 0 heterocycles. The molecule has 19 heavy (non-hydrogen) atoms. The molecule has 0 saturated carbocycles. The first-order valence-electron chi connectivity index (χ1n) is 5.44. The van der Waals surface area contributed by atoms with Gasteiger partial charge in [-0.05, 0) is 58.5 Å². The number of anilines is 1. The Bertz CT molecular complexity index is 671. The summed E-state index contributed by atoms with van der Waals surface area (Å²) >= 11 is 5.47. The largest absolute Gasteiger partial charge is 0.280 e. The van der Waals surface area contributed by atoms with Gasteiger partial charge in [0.25, 0.3) is 10.0 Å². The lowest BCUT2D eigenvalue weighted by Crippen LogP contribution is -2.12. The van der Waals surface area contributed by atoms with Gasteiger partial charge in [-0.3, -0.25) is 4.72 Å². The van der Waals surface area contributed by atoms with Crippen LogP contribution in [0.15, 0.2) is 53.4 Å². The van der Waals surface area contributed by atoms with Gasteiger partial charge in [-0.25, -0.2) is 8.42 Å². The van der Waals surface area contributed by atoms with Crippen LogP contribution in [0.2, 0.25) is 0 Å². The highest BCUT2D eigenvalue weighted by molar-refractivity contribution is 14.1. The van der Waals surface area contributed by atoms with E-state index in [2.05, 4.69) is 43.2 Å². The van der Waals surface area contributed by atoms with Crippen LogP contribution in [0.1, 0.15) is 5.56 Å². The highest BCUT2D eigenvalue weighted by atomic mass is 127. The molecule has 0 radical (unpaired) electrons. The summed E-state index contributed by atoms with van der Waals surface area (Å²) in [5.74, 6) is 0. The number of hydrogen-bond donors (Lipinski definition) is 1. The molecule has 2 aromatic rings. The van der Waals surface area contributed by atoms with E-state index in [9.17, 15) is 8.42 Å². The van der Waals surface area contributed by atoms with Gasteiger partial charge in [0.1, 0.15) is 0 Å². The smallest absolute Gasteiger partial charge is 0.261 e. The zero-order valence-electron chi connectivity index (χ0n) is 9.81. The standard InChI is InChI=1S/C13H11BrINO2S/c14-9-10-4-6-13(7-5-10)19(17,18)16-12-3-1-2-11(15)8-12/h1-8,16H,9H2. The van der Waals surface area contributed by atoms with Crippen molar-refractivity contribution >= 4 is 54.2 Å². The maximum atomic E-state index is 12.2. The number of hydrogen-bond acceptors (Lipinski definition) is 2. The van der Waals surface area contributed by atoms with Crippen LogP contribution in [0, 0.1) is 3.57 Å². The van der Waals surface area contributed by atoms with Crippen LogP contribution in [-0.4, -0.2) is 8.42 Å². The Hall–Kier alpha value is -0.600. The SMILES string of the molecule is O=S(=O)(Nc1cccc(I)c1)c1ccc(CBr)cc1. The molecule has 6 heteroatoms. The van der Waals surface area contributed by atoms with Gasteiger partial charge in [0.05, 0.1) is 4.90 Å². The monoisotopic (exact) mass is 451 g/mol. The fourth-order valence-electron chi connectivity index (χ4n) is 1.52. The molecule has 0 aliphatic rings. The van der Waals surface area contributed by atoms with Crippen LogP contribution in [0.5, 0.6) is 0 Å². The van der Waals surface area contributed by atoms with Crippen molar-refractivity contribution in [3.05, 3.63) is 57.7 Å². The van der Waals surface area contributed by atoms with Gasteiger partial charge in [-0.15, -0.1) is 0 Å². The Morgan fingerprint density at radius 3 is 2.37 bits per heavy atom. The molecular formula is C13H11BrINO2S. The lowest BCUT2D eigenvalue weighted by Gasteiger charge is -2.08. The fourth-order valence-corrected chi connectivity index (χ4v) is 3.49. The molecule has 0 saturated heterocycles. The lowest BCUT2D eigenvalue weighted by atomic mass is 10.2. The van der Waals surface area contributed by atoms with Gasteiger partial charge < -0.3 is 0 Å². The van der Waals surface area contributed by atoms with E-state index < -0.39 is 10.0 Å². The van der Waals surface area contributed by atoms with Crippen molar-refractivity contribution in [3.63, 3.8) is 0 Å². The van der Waals surface area contributed by atoms with Crippen molar-refractivity contribution in [2.75, 3.05) is 4.72 Å². The molecular weight excluding hydrogens is 441 g/mol. The van der Waals surface area contributed by atoms with Crippen LogP contribution in [0.3, 0.4) is 0 Å². The predicted molar refractivity (Wildman–Crippen MR) is 89.0 cm³/mol. The summed E-state index contributed by atoms with van der Waals surface area (Å²) < 4.78 is 27.9. The Balaban J connectivity index is 2.27. The van der Waals surface area contributed by atoms with E-state index in [0.29, 0.717) is 11.0 Å². The maximum absolute atomic E-state index is 12.2. The second-order valence-electron chi connectivity index (χ2n) is 3.89. The summed E-state index contributed by atoms with van der Waals surface area (Å²) in [7, 11) is -3.52. The number of alkyl halides is 1. The van der Waals surface area contributed by atoms with Crippen molar-refractivity contribution in [2.24, 2.45) is 0 Å². The third-order valence-corrected chi connectivity index (χ3v) is 5.18. The van der Waals surface area contributed by atoms with E-state index in [1.54, 1.807) is 36.4 Å². The molecule has 0 amide bonds. The van der Waals surface area contributed by atoms with Crippen molar-refractivity contribution in [2.45, 2.75) is 10.2 Å². The average Bonchev–Trinajstić information content (AvgIpc) is 2.38. The minimum absolute atomic E-state index is 0.260. The van der Waals surface area contributed by atoms with Gasteiger partial charge >= 0.3 is 0 Å². The molecule has 0 atom stereocenters. The topological polar surface area (TPSA) is 46.2 Å². The normalized spacial score (nSPS) is 11.3. The molecule has 3 nitrogen and oxygen atoms in total. The summed E-state index contributed by atoms with van der Waals surface area (Å²) in [6.07, 6.45) is 0. The highest BCUT2D eigenvalue weighted by Gasteiger charge is 2.13. The van der Waals surface area contributed by atoms with E-state index in [1.807, 2.05) is 12.1 Å². The van der Waals surface area contributed by atoms with Gasteiger partial charge in [-0.2, -0.15) is 0 Å². The fraction of sp³-hybridized carbons (Fsp3) is 0.0769. The summed E-state index contributed by atoms with van der Waals surface area (Å²) in [5, 5.41) is 0.706. The van der Waals surface area contributed by atoms with E-state index in [4.69, 9.17) is 0 Å². The molecule has 0 bridgehead atoms. The third kappa shape index (κ3) is 3.93. The van der Waals surface area contributed by atoms with Crippen molar-refractivity contribution in [3.8, 4) is 0 Å². The molecule has 0 aliphatic heterocycles. The number of nitrogens with one attached hydrogen (secondary N) is 1. The van der Waals surface area contributed by atoms with Crippen LogP contribution in [0.4, 0.5) is 5.69 Å². The molecule has 100 valence electrons. The molecule has 0 aromatic heterocycles. The van der Waals surface area contributed by atoms with Crippen LogP contribution < -0.4 is 4.72 Å². The van der Waals surface area contributed by atoms with E-state index in [0.717, 1.165) is 9.13 Å². The Morgan fingerprint density at radius 2 is 1.79 bits per heavy atom. The average molecular weight is 452 g/mol. The second-order valence-corrected chi connectivity index (χ2v) is 7.38. The van der Waals surface area contributed by atoms with Crippen LogP contribution >= 0.6 is 38.5 Å². The van der Waals surface area contributed by atoms with Gasteiger partial charge in [-0.1, -0.05) is 34.1 Å². The molecule has 0 fully saturated rings. The minimum atomic E-state index is -3.52. The summed E-state index contributed by atoms with van der Waals surface area (Å²) in [6, 6.07) is 14.0. The van der Waals surface area contributed by atoms with E-state index in [-0.39, 0.29) is 4.90 Å². The van der Waals surface area contributed by atoms with Gasteiger partial charge in [0.15, 0.2) is 0 Å². The predicted octanol–water partition coefficient (Wildman–Crippen LogP) is 3.99. The summed E-state index contributed by atoms with van der Waals surface area (Å²) in [4.78, 5) is 0.260. The van der Waals surface area contributed by atoms with Gasteiger partial charge in [0.2, 0.25) is 0 Å². The van der Waals surface area contributed by atoms with Gasteiger partial charge in [0, 0.05) is 14.6 Å². The van der Waals surface area contributed by atoms with Crippen LogP contribution in [0.25, 0.3) is 0 Å². The Morgan fingerprint density at radius 1 is 1.11 bits per heavy atom. The third-order valence-electron chi connectivity index (χ3n) is 2.46. The lowest BCUT2D eigenvalue weighted by molar-refractivity contribution is 0.601. The molecule has 2 rings (SSSR count). The summed E-state index contributed by atoms with van der Waals surface area (Å²) in [5.41, 5.74) is 1.60. The number of halogens is 2. The Kier molecular flexibility index (Phi) is 4.86. The van der Waals surface area contributed by atoms with Crippen molar-refractivity contribution in [1.82, 2.24) is 0 Å². The summed E-state index contributed by atoms with van der Waals surface area (Å²) in [6.45, 7) is 0. The first-order chi connectivity index (χ1) is 9.01. The minimum Gasteiger partial charge on any atom is -0.280 e. The molecule has 0 aliphatic carbocycles. The number of benzene rings is 2. The first-order valence-corrected chi connectivity index (χ1v) is 9.13. The number of rotatable bonds is 4. The van der Waals surface area contributed by atoms with Crippen molar-refractivity contribution in [1.29, 1.82) is 0 Å². The van der Waals surface area contributed by atoms with E-state index >= 15 is 0 Å². The van der Waals surface area contributed by atoms with E-state index in [1.165, 1.54) is 0 Å². The zero-order chi connectivity index (χ0) is 13.9. The maximum Gasteiger partial charge on any atom is 0.261 e. The zero-order valence-corrected chi connectivity index (χ0v) is 14.4. The highest BCUT2D eigenvalue weighted by Crippen LogP contribution is 2.19. The Labute approximate surface area is 134 Å². The molecule has 0 unspecified atom stereocenters. The van der Waals surface area contributed by atoms with Crippen molar-refractivity contribution < 1.29 is 8.42 Å². The first kappa shape index (κ1) is 14.8. The number of sulfonamides is 1. The second kappa shape index (κ2) is 6.23. The molecule has 1 N–H and O–H groups in total. The van der Waals surface area contributed by atoms with Crippen LogP contribution in [-0.2, 0) is 15.4 Å².